The Morgan fingerprint density at radius 1 is 1.15 bits per heavy atom. The van der Waals surface area contributed by atoms with Crippen LogP contribution in [0.5, 0.6) is 0 Å². The highest BCUT2D eigenvalue weighted by atomic mass is 35.5. The number of rotatable bonds is 5. The third-order valence-electron chi connectivity index (χ3n) is 6.32. The molecule has 2 aromatic carbocycles. The zero-order chi connectivity index (χ0) is 24.5. The second-order valence-corrected chi connectivity index (χ2v) is 10.6. The topological polar surface area (TPSA) is 88.7 Å². The second-order valence-electron chi connectivity index (χ2n) is 10.2. The number of hydrogen-bond donors (Lipinski definition) is 1. The number of aromatic nitrogens is 2. The molecule has 1 saturated heterocycles. The average molecular weight is 484 g/mol. The van der Waals surface area contributed by atoms with Crippen LogP contribution in [0, 0.1) is 0 Å². The van der Waals surface area contributed by atoms with E-state index in [4.69, 9.17) is 26.0 Å². The van der Waals surface area contributed by atoms with Gasteiger partial charge in [0, 0.05) is 35.8 Å². The molecule has 0 saturated carbocycles. The summed E-state index contributed by atoms with van der Waals surface area (Å²) in [5.74, 6) is 0.957. The van der Waals surface area contributed by atoms with Gasteiger partial charge in [-0.2, -0.15) is 4.98 Å². The number of likely N-dealkylation sites (tertiary alicyclic amines) is 1. The second kappa shape index (κ2) is 9.39. The highest BCUT2D eigenvalue weighted by Gasteiger charge is 2.33. The van der Waals surface area contributed by atoms with Crippen LogP contribution in [0.4, 0.5) is 4.79 Å². The quantitative estimate of drug-likeness (QED) is 0.420. The van der Waals surface area contributed by atoms with E-state index < -0.39 is 11.8 Å². The summed E-state index contributed by atoms with van der Waals surface area (Å²) in [4.78, 5) is 17.7. The standard InChI is InChI=1S/C26H30ClN3O4/c1-25(2,3)20-10-9-19(15-21(20)27)23-28-22(29-34-23)18-7-5-17(6-8-18)16-30-13-11-26(4,12-14-30)33-24(31)32/h5-10,15H,11-14,16H2,1-4H3,(H,31,32). The SMILES string of the molecule is CC1(OC(=O)O)CCN(Cc2ccc(-c3noc(-c4ccc(C(C)(C)C)c(Cl)c4)n3)cc2)CC1. The molecule has 7 nitrogen and oxygen atoms in total. The van der Waals surface area contributed by atoms with E-state index in [1.165, 1.54) is 5.56 Å². The minimum absolute atomic E-state index is 0.0442. The molecular formula is C26H30ClN3O4. The number of nitrogens with zero attached hydrogens (tertiary/aromatic N) is 3. The van der Waals surface area contributed by atoms with Gasteiger partial charge in [0.2, 0.25) is 5.82 Å². The third-order valence-corrected chi connectivity index (χ3v) is 6.63. The zero-order valence-electron chi connectivity index (χ0n) is 20.0. The molecule has 1 aliphatic rings. The molecule has 0 amide bonds. The molecule has 34 heavy (non-hydrogen) atoms. The molecule has 4 rings (SSSR count). The van der Waals surface area contributed by atoms with E-state index in [9.17, 15) is 4.79 Å². The van der Waals surface area contributed by atoms with Gasteiger partial charge in [0.05, 0.1) is 0 Å². The van der Waals surface area contributed by atoms with Crippen LogP contribution in [-0.2, 0) is 16.7 Å². The number of carboxylic acid groups (broad SMARTS) is 1. The minimum Gasteiger partial charge on any atom is -0.450 e. The lowest BCUT2D eigenvalue weighted by molar-refractivity contribution is -0.0454. The lowest BCUT2D eigenvalue weighted by Gasteiger charge is -2.38. The van der Waals surface area contributed by atoms with Crippen molar-refractivity contribution < 1.29 is 19.2 Å². The first kappa shape index (κ1) is 24.2. The molecule has 0 spiro atoms. The van der Waals surface area contributed by atoms with Gasteiger partial charge in [-0.15, -0.1) is 0 Å². The summed E-state index contributed by atoms with van der Waals surface area (Å²) in [5.41, 5.74) is 3.26. The first-order chi connectivity index (χ1) is 16.0. The molecule has 3 aromatic rings. The van der Waals surface area contributed by atoms with Crippen molar-refractivity contribution in [1.29, 1.82) is 0 Å². The Hall–Kier alpha value is -2.90. The van der Waals surface area contributed by atoms with E-state index in [0.717, 1.165) is 36.3 Å². The van der Waals surface area contributed by atoms with Gasteiger partial charge in [-0.1, -0.05) is 67.9 Å². The molecule has 1 aliphatic heterocycles. The van der Waals surface area contributed by atoms with E-state index in [2.05, 4.69) is 47.9 Å². The van der Waals surface area contributed by atoms with Crippen LogP contribution >= 0.6 is 11.6 Å². The van der Waals surface area contributed by atoms with Crippen LogP contribution in [0.2, 0.25) is 5.02 Å². The molecule has 0 radical (unpaired) electrons. The normalized spacial score (nSPS) is 16.4. The Morgan fingerprint density at radius 3 is 2.38 bits per heavy atom. The van der Waals surface area contributed by atoms with Crippen molar-refractivity contribution >= 4 is 17.8 Å². The zero-order valence-corrected chi connectivity index (χ0v) is 20.7. The smallest absolute Gasteiger partial charge is 0.450 e. The molecule has 1 aromatic heterocycles. The minimum atomic E-state index is -1.21. The van der Waals surface area contributed by atoms with Crippen LogP contribution in [0.15, 0.2) is 47.0 Å². The molecule has 180 valence electrons. The summed E-state index contributed by atoms with van der Waals surface area (Å²) in [6.45, 7) is 10.6. The number of hydrogen-bond acceptors (Lipinski definition) is 6. The van der Waals surface area contributed by atoms with Crippen molar-refractivity contribution in [2.24, 2.45) is 0 Å². The summed E-state index contributed by atoms with van der Waals surface area (Å²) in [6.07, 6.45) is 0.161. The highest BCUT2D eigenvalue weighted by molar-refractivity contribution is 6.31. The predicted molar refractivity (Wildman–Crippen MR) is 131 cm³/mol. The predicted octanol–water partition coefficient (Wildman–Crippen LogP) is 6.40. The van der Waals surface area contributed by atoms with Gasteiger partial charge in [0.25, 0.3) is 5.89 Å². The largest absolute Gasteiger partial charge is 0.506 e. The van der Waals surface area contributed by atoms with Gasteiger partial charge >= 0.3 is 6.16 Å². The van der Waals surface area contributed by atoms with Gasteiger partial charge in [0.15, 0.2) is 0 Å². The molecule has 8 heteroatoms. The third kappa shape index (κ3) is 5.59. The van der Waals surface area contributed by atoms with Crippen molar-refractivity contribution in [3.8, 4) is 22.8 Å². The number of carbonyl (C=O) groups is 1. The van der Waals surface area contributed by atoms with Crippen LogP contribution in [-0.4, -0.2) is 45.0 Å². The molecule has 0 bridgehead atoms. The van der Waals surface area contributed by atoms with Gasteiger partial charge in [-0.25, -0.2) is 4.79 Å². The average Bonchev–Trinajstić information content (AvgIpc) is 3.25. The molecule has 2 heterocycles. The monoisotopic (exact) mass is 483 g/mol. The van der Waals surface area contributed by atoms with Crippen molar-refractivity contribution in [1.82, 2.24) is 15.0 Å². The Labute approximate surface area is 204 Å². The lowest BCUT2D eigenvalue weighted by Crippen LogP contribution is -2.44. The first-order valence-corrected chi connectivity index (χ1v) is 11.8. The number of piperidine rings is 1. The Kier molecular flexibility index (Phi) is 6.69. The van der Waals surface area contributed by atoms with Gasteiger partial charge in [0.1, 0.15) is 5.60 Å². The number of benzene rings is 2. The summed E-state index contributed by atoms with van der Waals surface area (Å²) >= 11 is 6.50. The molecule has 1 N–H and O–H groups in total. The molecule has 0 unspecified atom stereocenters. The highest BCUT2D eigenvalue weighted by Crippen LogP contribution is 2.33. The fourth-order valence-electron chi connectivity index (χ4n) is 4.23. The van der Waals surface area contributed by atoms with E-state index in [1.54, 1.807) is 0 Å². The Bertz CT molecular complexity index is 1160. The van der Waals surface area contributed by atoms with Crippen LogP contribution in [0.3, 0.4) is 0 Å². The summed E-state index contributed by atoms with van der Waals surface area (Å²) in [5, 5.41) is 13.7. The maximum Gasteiger partial charge on any atom is 0.506 e. The Balaban J connectivity index is 1.40. The summed E-state index contributed by atoms with van der Waals surface area (Å²) in [6, 6.07) is 13.9. The van der Waals surface area contributed by atoms with Crippen molar-refractivity contribution in [3.63, 3.8) is 0 Å². The lowest BCUT2D eigenvalue weighted by atomic mass is 9.86. The fourth-order valence-corrected chi connectivity index (χ4v) is 4.69. The van der Waals surface area contributed by atoms with Crippen molar-refractivity contribution in [2.45, 2.75) is 58.1 Å². The first-order valence-electron chi connectivity index (χ1n) is 11.4. The molecule has 0 atom stereocenters. The van der Waals surface area contributed by atoms with E-state index in [0.29, 0.717) is 29.6 Å². The van der Waals surface area contributed by atoms with Gasteiger partial charge in [-0.05, 0) is 48.4 Å². The van der Waals surface area contributed by atoms with E-state index in [-0.39, 0.29) is 5.41 Å². The number of halogens is 1. The molecule has 1 fully saturated rings. The molecular weight excluding hydrogens is 454 g/mol. The summed E-state index contributed by atoms with van der Waals surface area (Å²) < 4.78 is 10.6. The van der Waals surface area contributed by atoms with Gasteiger partial charge in [-0.3, -0.25) is 4.90 Å². The fraction of sp³-hybridized carbons (Fsp3) is 0.423. The van der Waals surface area contributed by atoms with E-state index in [1.807, 2.05) is 37.3 Å². The van der Waals surface area contributed by atoms with Crippen molar-refractivity contribution in [3.05, 3.63) is 58.6 Å². The maximum absolute atomic E-state index is 10.9. The van der Waals surface area contributed by atoms with Crippen molar-refractivity contribution in [2.75, 3.05) is 13.1 Å². The van der Waals surface area contributed by atoms with Crippen LogP contribution in [0.25, 0.3) is 22.8 Å². The summed E-state index contributed by atoms with van der Waals surface area (Å²) in [7, 11) is 0. The van der Waals surface area contributed by atoms with Gasteiger partial charge < -0.3 is 14.4 Å². The molecule has 0 aliphatic carbocycles. The maximum atomic E-state index is 10.9. The number of ether oxygens (including phenoxy) is 1. The van der Waals surface area contributed by atoms with Crippen LogP contribution in [0.1, 0.15) is 51.7 Å². The van der Waals surface area contributed by atoms with E-state index >= 15 is 0 Å². The Morgan fingerprint density at radius 2 is 1.79 bits per heavy atom. The van der Waals surface area contributed by atoms with Crippen LogP contribution < -0.4 is 0 Å².